The number of halogens is 2. The van der Waals surface area contributed by atoms with Crippen LogP contribution in [0.4, 0.5) is 8.78 Å². The largest absolute Gasteiger partial charge is 0.493 e. The van der Waals surface area contributed by atoms with Crippen molar-refractivity contribution in [3.8, 4) is 17.2 Å². The second kappa shape index (κ2) is 7.99. The first kappa shape index (κ1) is 17.9. The van der Waals surface area contributed by atoms with Crippen molar-refractivity contribution in [1.82, 2.24) is 0 Å². The fourth-order valence-electron chi connectivity index (χ4n) is 2.91. The fraction of sp³-hybridized carbons (Fsp3) is 0.250. The summed E-state index contributed by atoms with van der Waals surface area (Å²) in [4.78, 5) is 12.0. The molecule has 0 amide bonds. The minimum absolute atomic E-state index is 0.0691. The zero-order valence-corrected chi connectivity index (χ0v) is 14.2. The summed E-state index contributed by atoms with van der Waals surface area (Å²) in [6.45, 7) is -2.94. The molecule has 2 aromatic rings. The van der Waals surface area contributed by atoms with Crippen molar-refractivity contribution < 1.29 is 27.8 Å². The lowest BCUT2D eigenvalue weighted by atomic mass is 10.1. The van der Waals surface area contributed by atoms with Gasteiger partial charge in [0.1, 0.15) is 5.75 Å². The summed E-state index contributed by atoms with van der Waals surface area (Å²) >= 11 is 0. The Labute approximate surface area is 150 Å². The molecule has 0 N–H and O–H groups in total. The van der Waals surface area contributed by atoms with Gasteiger partial charge in [-0.05, 0) is 66.3 Å². The van der Waals surface area contributed by atoms with Gasteiger partial charge in [0.15, 0.2) is 11.5 Å². The van der Waals surface area contributed by atoms with Gasteiger partial charge in [-0.1, -0.05) is 12.1 Å². The molecule has 0 atom stereocenters. The van der Waals surface area contributed by atoms with Crippen LogP contribution in [0.15, 0.2) is 42.5 Å². The summed E-state index contributed by atoms with van der Waals surface area (Å²) in [6.07, 6.45) is 5.99. The van der Waals surface area contributed by atoms with Gasteiger partial charge < -0.3 is 14.2 Å². The van der Waals surface area contributed by atoms with E-state index in [1.54, 1.807) is 12.1 Å². The Kier molecular flexibility index (Phi) is 5.51. The Hall–Kier alpha value is -2.89. The summed E-state index contributed by atoms with van der Waals surface area (Å²) < 4.78 is 39.4. The maximum Gasteiger partial charge on any atom is 0.387 e. The molecule has 0 radical (unpaired) electrons. The molecule has 0 saturated carbocycles. The van der Waals surface area contributed by atoms with Crippen molar-refractivity contribution in [1.29, 1.82) is 0 Å². The predicted octanol–water partition coefficient (Wildman–Crippen LogP) is 4.40. The van der Waals surface area contributed by atoms with Crippen molar-refractivity contribution in [2.45, 2.75) is 25.9 Å². The number of alkyl halides is 2. The Morgan fingerprint density at radius 1 is 1.08 bits per heavy atom. The average Bonchev–Trinajstić information content (AvgIpc) is 3.08. The zero-order chi connectivity index (χ0) is 18.5. The molecule has 0 unspecified atom stereocenters. The number of rotatable bonds is 6. The Morgan fingerprint density at radius 2 is 1.88 bits per heavy atom. The van der Waals surface area contributed by atoms with Crippen LogP contribution < -0.4 is 14.2 Å². The third kappa shape index (κ3) is 4.39. The molecular weight excluding hydrogens is 342 g/mol. The number of carbonyl (C=O) groups excluding carboxylic acids is 1. The number of fused-ring (bicyclic) bond motifs is 1. The molecule has 0 heterocycles. The number of esters is 1. The topological polar surface area (TPSA) is 44.8 Å². The lowest BCUT2D eigenvalue weighted by Crippen LogP contribution is -2.04. The number of hydrogen-bond donors (Lipinski definition) is 0. The van der Waals surface area contributed by atoms with Crippen LogP contribution in [0.3, 0.4) is 0 Å². The van der Waals surface area contributed by atoms with Gasteiger partial charge in [0.25, 0.3) is 0 Å². The molecule has 4 nitrogen and oxygen atoms in total. The van der Waals surface area contributed by atoms with Crippen molar-refractivity contribution >= 4 is 12.0 Å². The summed E-state index contributed by atoms with van der Waals surface area (Å²) in [5.41, 5.74) is 3.12. The number of benzene rings is 2. The van der Waals surface area contributed by atoms with E-state index in [1.807, 2.05) is 12.1 Å². The molecule has 136 valence electrons. The van der Waals surface area contributed by atoms with Crippen molar-refractivity contribution in [3.63, 3.8) is 0 Å². The monoisotopic (exact) mass is 360 g/mol. The molecule has 6 heteroatoms. The van der Waals surface area contributed by atoms with E-state index in [0.717, 1.165) is 19.3 Å². The highest BCUT2D eigenvalue weighted by atomic mass is 19.3. The standard InChI is InChI=1S/C20H18F2O4/c1-24-18-11-13(5-9-17(18)26-20(21)22)6-10-19(23)25-16-8-7-14-3-2-4-15(14)12-16/h5-12,20H,2-4H2,1H3/b10-6+. The van der Waals surface area contributed by atoms with Gasteiger partial charge in [0.2, 0.25) is 0 Å². The van der Waals surface area contributed by atoms with E-state index < -0.39 is 12.6 Å². The zero-order valence-electron chi connectivity index (χ0n) is 14.2. The second-order valence-corrected chi connectivity index (χ2v) is 5.83. The number of hydrogen-bond acceptors (Lipinski definition) is 4. The van der Waals surface area contributed by atoms with Gasteiger partial charge >= 0.3 is 12.6 Å². The van der Waals surface area contributed by atoms with Crippen LogP contribution in [-0.2, 0) is 17.6 Å². The lowest BCUT2D eigenvalue weighted by Gasteiger charge is -2.10. The lowest BCUT2D eigenvalue weighted by molar-refractivity contribution is -0.128. The van der Waals surface area contributed by atoms with Crippen molar-refractivity contribution in [2.75, 3.05) is 7.11 Å². The highest BCUT2D eigenvalue weighted by Crippen LogP contribution is 2.30. The molecule has 0 saturated heterocycles. The molecule has 0 fully saturated rings. The average molecular weight is 360 g/mol. The summed E-state index contributed by atoms with van der Waals surface area (Å²) in [5.74, 6) is 0.0770. The van der Waals surface area contributed by atoms with E-state index in [1.165, 1.54) is 42.5 Å². The van der Waals surface area contributed by atoms with E-state index in [2.05, 4.69) is 4.74 Å². The fourth-order valence-corrected chi connectivity index (χ4v) is 2.91. The van der Waals surface area contributed by atoms with E-state index >= 15 is 0 Å². The minimum Gasteiger partial charge on any atom is -0.493 e. The molecule has 1 aliphatic carbocycles. The Balaban J connectivity index is 1.66. The van der Waals surface area contributed by atoms with Gasteiger partial charge in [-0.25, -0.2) is 4.79 Å². The second-order valence-electron chi connectivity index (χ2n) is 5.83. The molecule has 26 heavy (non-hydrogen) atoms. The first-order valence-electron chi connectivity index (χ1n) is 8.19. The van der Waals surface area contributed by atoms with Crippen LogP contribution in [0.25, 0.3) is 6.08 Å². The smallest absolute Gasteiger partial charge is 0.387 e. The highest BCUT2D eigenvalue weighted by molar-refractivity contribution is 5.88. The molecule has 0 aliphatic heterocycles. The van der Waals surface area contributed by atoms with Gasteiger partial charge in [-0.2, -0.15) is 8.78 Å². The molecule has 0 bridgehead atoms. The van der Waals surface area contributed by atoms with Crippen LogP contribution in [0.1, 0.15) is 23.1 Å². The van der Waals surface area contributed by atoms with Crippen LogP contribution >= 0.6 is 0 Å². The molecule has 2 aromatic carbocycles. The summed E-state index contributed by atoms with van der Waals surface area (Å²) in [6, 6.07) is 10.1. The Morgan fingerprint density at radius 3 is 2.65 bits per heavy atom. The Bertz CT molecular complexity index is 831. The van der Waals surface area contributed by atoms with Crippen molar-refractivity contribution in [3.05, 3.63) is 59.2 Å². The van der Waals surface area contributed by atoms with E-state index in [4.69, 9.17) is 9.47 Å². The van der Waals surface area contributed by atoms with Gasteiger partial charge in [0.05, 0.1) is 7.11 Å². The number of carbonyl (C=O) groups is 1. The van der Waals surface area contributed by atoms with Gasteiger partial charge in [-0.3, -0.25) is 0 Å². The molecule has 0 aromatic heterocycles. The molecular formula is C20H18F2O4. The van der Waals surface area contributed by atoms with Gasteiger partial charge in [0, 0.05) is 6.08 Å². The maximum absolute atomic E-state index is 12.3. The van der Waals surface area contributed by atoms with Crippen LogP contribution in [-0.4, -0.2) is 19.7 Å². The quantitative estimate of drug-likeness (QED) is 0.435. The molecule has 0 spiro atoms. The third-order valence-electron chi connectivity index (χ3n) is 4.10. The summed E-state index contributed by atoms with van der Waals surface area (Å²) in [7, 11) is 1.35. The molecule has 3 rings (SSSR count). The van der Waals surface area contributed by atoms with Crippen LogP contribution in [0.5, 0.6) is 17.2 Å². The van der Waals surface area contributed by atoms with Crippen LogP contribution in [0.2, 0.25) is 0 Å². The predicted molar refractivity (Wildman–Crippen MR) is 92.8 cm³/mol. The normalized spacial score (nSPS) is 13.1. The van der Waals surface area contributed by atoms with Gasteiger partial charge in [-0.15, -0.1) is 0 Å². The third-order valence-corrected chi connectivity index (χ3v) is 4.10. The number of methoxy groups -OCH3 is 1. The summed E-state index contributed by atoms with van der Waals surface area (Å²) in [5, 5.41) is 0. The van der Waals surface area contributed by atoms with Crippen LogP contribution in [0, 0.1) is 0 Å². The first-order valence-corrected chi connectivity index (χ1v) is 8.19. The SMILES string of the molecule is COc1cc(/C=C/C(=O)Oc2ccc3c(c2)CCC3)ccc1OC(F)F. The number of aryl methyl sites for hydroxylation is 2. The van der Waals surface area contributed by atoms with E-state index in [0.29, 0.717) is 11.3 Å². The number of ether oxygens (including phenoxy) is 3. The first-order chi connectivity index (χ1) is 12.5. The van der Waals surface area contributed by atoms with E-state index in [-0.39, 0.29) is 11.5 Å². The minimum atomic E-state index is -2.94. The van der Waals surface area contributed by atoms with E-state index in [9.17, 15) is 13.6 Å². The highest BCUT2D eigenvalue weighted by Gasteiger charge is 2.13. The van der Waals surface area contributed by atoms with Crippen molar-refractivity contribution in [2.24, 2.45) is 0 Å². The maximum atomic E-state index is 12.3. The molecule has 1 aliphatic rings.